The van der Waals surface area contributed by atoms with Gasteiger partial charge in [-0.2, -0.15) is 5.10 Å². The van der Waals surface area contributed by atoms with Crippen molar-refractivity contribution in [2.45, 2.75) is 60.5 Å². The van der Waals surface area contributed by atoms with Gasteiger partial charge in [0.2, 0.25) is 0 Å². The van der Waals surface area contributed by atoms with Crippen molar-refractivity contribution in [2.75, 3.05) is 0 Å². The van der Waals surface area contributed by atoms with Crippen LogP contribution in [-0.2, 0) is 17.8 Å². The van der Waals surface area contributed by atoms with Crippen molar-refractivity contribution in [3.63, 3.8) is 0 Å². The third kappa shape index (κ3) is 3.16. The number of nitrogens with zero attached hydrogens (tertiary/aromatic N) is 2. The van der Waals surface area contributed by atoms with E-state index >= 15 is 0 Å². The maximum absolute atomic E-state index is 13.0. The molecule has 2 rings (SSSR count). The summed E-state index contributed by atoms with van der Waals surface area (Å²) in [5, 5.41) is 15.5. The van der Waals surface area contributed by atoms with Crippen molar-refractivity contribution in [2.24, 2.45) is 5.41 Å². The van der Waals surface area contributed by atoms with Gasteiger partial charge in [0.25, 0.3) is 0 Å². The van der Waals surface area contributed by atoms with Crippen LogP contribution >= 0.6 is 0 Å². The SMILES string of the molecule is C/C=C(\C(=O)C(C)(C)CC)n1nc2c(CCC)cccc2c1CO. The molecule has 0 spiro atoms. The molecule has 0 aliphatic carbocycles. The summed E-state index contributed by atoms with van der Waals surface area (Å²) in [6.45, 7) is 9.74. The number of carbonyl (C=O) groups excluding carboxylic acids is 1. The number of aromatic nitrogens is 2. The Hall–Kier alpha value is -1.94. The zero-order valence-corrected chi connectivity index (χ0v) is 15.4. The van der Waals surface area contributed by atoms with Crippen LogP contribution in [0.4, 0.5) is 0 Å². The number of aryl methyl sites for hydroxylation is 1. The number of aliphatic hydroxyl groups excluding tert-OH is 1. The quantitative estimate of drug-likeness (QED) is 0.769. The molecule has 0 radical (unpaired) electrons. The van der Waals surface area contributed by atoms with E-state index in [-0.39, 0.29) is 12.4 Å². The first-order chi connectivity index (χ1) is 11.4. The van der Waals surface area contributed by atoms with E-state index in [4.69, 9.17) is 5.10 Å². The molecule has 130 valence electrons. The van der Waals surface area contributed by atoms with Crippen molar-refractivity contribution >= 4 is 22.4 Å². The van der Waals surface area contributed by atoms with Gasteiger partial charge in [0.1, 0.15) is 5.70 Å². The Morgan fingerprint density at radius 2 is 2.04 bits per heavy atom. The van der Waals surface area contributed by atoms with Crippen molar-refractivity contribution in [3.8, 4) is 0 Å². The lowest BCUT2D eigenvalue weighted by Gasteiger charge is -2.23. The molecule has 0 fully saturated rings. The lowest BCUT2D eigenvalue weighted by Crippen LogP contribution is -2.27. The molecule has 0 aliphatic rings. The number of carbonyl (C=O) groups is 1. The highest BCUT2D eigenvalue weighted by molar-refractivity contribution is 6.18. The van der Waals surface area contributed by atoms with Crippen molar-refractivity contribution in [1.82, 2.24) is 9.78 Å². The lowest BCUT2D eigenvalue weighted by molar-refractivity contribution is -0.121. The Bertz CT molecular complexity index is 769. The number of benzene rings is 1. The second-order valence-electron chi connectivity index (χ2n) is 6.82. The number of Topliss-reactive ketones (excluding diaryl/α,β-unsaturated/α-hetero) is 1. The molecule has 24 heavy (non-hydrogen) atoms. The Labute approximate surface area is 144 Å². The average molecular weight is 328 g/mol. The van der Waals surface area contributed by atoms with Gasteiger partial charge in [-0.1, -0.05) is 58.4 Å². The Morgan fingerprint density at radius 1 is 1.33 bits per heavy atom. The lowest BCUT2D eigenvalue weighted by atomic mass is 9.83. The first kappa shape index (κ1) is 18.4. The second kappa shape index (κ2) is 7.31. The summed E-state index contributed by atoms with van der Waals surface area (Å²) in [5.41, 5.74) is 2.78. The third-order valence-electron chi connectivity index (χ3n) is 4.79. The fraction of sp³-hybridized carbons (Fsp3) is 0.500. The van der Waals surface area contributed by atoms with Crippen LogP contribution in [0.1, 0.15) is 58.7 Å². The van der Waals surface area contributed by atoms with Crippen LogP contribution in [0.5, 0.6) is 0 Å². The summed E-state index contributed by atoms with van der Waals surface area (Å²) in [4.78, 5) is 13.0. The molecule has 0 saturated heterocycles. The minimum atomic E-state index is -0.459. The summed E-state index contributed by atoms with van der Waals surface area (Å²) in [6.07, 6.45) is 4.50. The van der Waals surface area contributed by atoms with Crippen molar-refractivity contribution in [1.29, 1.82) is 0 Å². The van der Waals surface area contributed by atoms with Crippen LogP contribution in [0, 0.1) is 5.41 Å². The van der Waals surface area contributed by atoms with E-state index in [0.717, 1.165) is 35.7 Å². The topological polar surface area (TPSA) is 55.1 Å². The highest BCUT2D eigenvalue weighted by Gasteiger charge is 2.30. The molecule has 1 heterocycles. The predicted octanol–water partition coefficient (Wildman–Crippen LogP) is 4.35. The van der Waals surface area contributed by atoms with Gasteiger partial charge in [-0.3, -0.25) is 4.79 Å². The molecule has 1 aromatic heterocycles. The molecular weight excluding hydrogens is 300 g/mol. The molecular formula is C20H28N2O2. The van der Waals surface area contributed by atoms with E-state index in [9.17, 15) is 9.90 Å². The van der Waals surface area contributed by atoms with Gasteiger partial charge in [-0.25, -0.2) is 4.68 Å². The van der Waals surface area contributed by atoms with Crippen LogP contribution in [0.25, 0.3) is 16.6 Å². The van der Waals surface area contributed by atoms with Crippen LogP contribution in [0.15, 0.2) is 24.3 Å². The van der Waals surface area contributed by atoms with Crippen LogP contribution in [0.3, 0.4) is 0 Å². The number of ketones is 1. The van der Waals surface area contributed by atoms with Crippen LogP contribution < -0.4 is 0 Å². The number of allylic oxidation sites excluding steroid dienone is 2. The molecule has 0 atom stereocenters. The summed E-state index contributed by atoms with van der Waals surface area (Å²) in [7, 11) is 0. The zero-order valence-electron chi connectivity index (χ0n) is 15.4. The predicted molar refractivity (Wildman–Crippen MR) is 98.7 cm³/mol. The van der Waals surface area contributed by atoms with Crippen molar-refractivity contribution in [3.05, 3.63) is 35.5 Å². The number of fused-ring (bicyclic) bond motifs is 1. The molecule has 1 N–H and O–H groups in total. The van der Waals surface area contributed by atoms with Gasteiger partial charge >= 0.3 is 0 Å². The van der Waals surface area contributed by atoms with Gasteiger partial charge in [-0.15, -0.1) is 0 Å². The highest BCUT2D eigenvalue weighted by atomic mass is 16.3. The fourth-order valence-electron chi connectivity index (χ4n) is 2.90. The smallest absolute Gasteiger partial charge is 0.186 e. The molecule has 0 unspecified atom stereocenters. The second-order valence-corrected chi connectivity index (χ2v) is 6.82. The maximum atomic E-state index is 13.0. The van der Waals surface area contributed by atoms with E-state index in [0.29, 0.717) is 11.4 Å². The molecule has 0 aliphatic heterocycles. The average Bonchev–Trinajstić information content (AvgIpc) is 2.95. The summed E-state index contributed by atoms with van der Waals surface area (Å²) >= 11 is 0. The van der Waals surface area contributed by atoms with Crippen LogP contribution in [0.2, 0.25) is 0 Å². The van der Waals surface area contributed by atoms with E-state index in [2.05, 4.69) is 13.0 Å². The molecule has 4 nitrogen and oxygen atoms in total. The largest absolute Gasteiger partial charge is 0.390 e. The normalized spacial score (nSPS) is 12.8. The van der Waals surface area contributed by atoms with Crippen LogP contribution in [-0.4, -0.2) is 20.7 Å². The summed E-state index contributed by atoms with van der Waals surface area (Å²) in [6, 6.07) is 6.02. The number of aliphatic hydroxyl groups is 1. The Morgan fingerprint density at radius 3 is 2.58 bits per heavy atom. The molecule has 2 aromatic rings. The van der Waals surface area contributed by atoms with Gasteiger partial charge in [-0.05, 0) is 25.3 Å². The van der Waals surface area contributed by atoms with Gasteiger partial charge in [0.15, 0.2) is 5.78 Å². The molecule has 0 saturated carbocycles. The third-order valence-corrected chi connectivity index (χ3v) is 4.79. The van der Waals surface area contributed by atoms with E-state index in [1.807, 2.05) is 39.8 Å². The number of hydrogen-bond donors (Lipinski definition) is 1. The minimum Gasteiger partial charge on any atom is -0.390 e. The van der Waals surface area contributed by atoms with Crippen molar-refractivity contribution < 1.29 is 9.90 Å². The number of rotatable bonds is 7. The first-order valence-electron chi connectivity index (χ1n) is 8.73. The fourth-order valence-corrected chi connectivity index (χ4v) is 2.90. The van der Waals surface area contributed by atoms with E-state index in [1.54, 1.807) is 10.8 Å². The molecule has 0 amide bonds. The Balaban J connectivity index is 2.67. The number of hydrogen-bond acceptors (Lipinski definition) is 3. The summed E-state index contributed by atoms with van der Waals surface area (Å²) in [5.74, 6) is 0.0482. The highest BCUT2D eigenvalue weighted by Crippen LogP contribution is 2.30. The molecule has 1 aromatic carbocycles. The molecule has 4 heteroatoms. The zero-order chi connectivity index (χ0) is 17.9. The monoisotopic (exact) mass is 328 g/mol. The van der Waals surface area contributed by atoms with Gasteiger partial charge < -0.3 is 5.11 Å². The van der Waals surface area contributed by atoms with Gasteiger partial charge in [0.05, 0.1) is 17.8 Å². The van der Waals surface area contributed by atoms with E-state index < -0.39 is 5.41 Å². The summed E-state index contributed by atoms with van der Waals surface area (Å²) < 4.78 is 1.64. The van der Waals surface area contributed by atoms with E-state index in [1.165, 1.54) is 0 Å². The van der Waals surface area contributed by atoms with Gasteiger partial charge in [0, 0.05) is 10.8 Å². The first-order valence-corrected chi connectivity index (χ1v) is 8.73. The minimum absolute atomic E-state index is 0.0482. The Kier molecular flexibility index (Phi) is 5.60. The molecule has 0 bridgehead atoms. The standard InChI is InChI=1S/C20H28N2O2/c1-6-10-14-11-9-12-15-17(13-23)22(21-18(14)15)16(7-2)19(24)20(4,5)8-3/h7,9,11-12,23H,6,8,10,13H2,1-5H3/b16-7+. The maximum Gasteiger partial charge on any atom is 0.186 e.